The molecule has 4 rings (SSSR count). The number of nitrogens with zero attached hydrogens (tertiary/aromatic N) is 2. The van der Waals surface area contributed by atoms with Crippen LogP contribution in [0.5, 0.6) is 0 Å². The molecular weight excluding hydrogens is 416 g/mol. The van der Waals surface area contributed by atoms with Gasteiger partial charge in [0, 0.05) is 34.2 Å². The van der Waals surface area contributed by atoms with E-state index in [9.17, 15) is 0 Å². The van der Waals surface area contributed by atoms with Crippen LogP contribution in [-0.2, 0) is 10.8 Å². The van der Waals surface area contributed by atoms with E-state index in [1.165, 1.54) is 26.0 Å². The zero-order valence-corrected chi connectivity index (χ0v) is 21.4. The standard InChI is InChI=1S/C15H19NS.C12H15NS/c1-11(12-8-6-5-7-9-12)13-10-17-14(16-13)15(2,3)4;1-12(2,3)11-7-6-10(14-11)9-5-4-8-13-9/h5-11H,1-4H3;5-8H,4H2,1-3H3/t11-;/m0./s1. The lowest BCUT2D eigenvalue weighted by molar-refractivity contribution is 0.582. The minimum Gasteiger partial charge on any atom is -0.260 e. The van der Waals surface area contributed by atoms with Gasteiger partial charge in [-0.1, -0.05) is 84.9 Å². The fraction of sp³-hybridized carbons (Fsp3) is 0.407. The highest BCUT2D eigenvalue weighted by atomic mass is 32.1. The number of benzene rings is 1. The summed E-state index contributed by atoms with van der Waals surface area (Å²) < 4.78 is 0. The lowest BCUT2D eigenvalue weighted by atomic mass is 9.95. The van der Waals surface area contributed by atoms with Crippen molar-refractivity contribution in [3.05, 3.63) is 79.9 Å². The zero-order chi connectivity index (χ0) is 22.6. The lowest BCUT2D eigenvalue weighted by Gasteiger charge is -2.15. The maximum Gasteiger partial charge on any atom is 0.0982 e. The Morgan fingerprint density at radius 3 is 2.13 bits per heavy atom. The summed E-state index contributed by atoms with van der Waals surface area (Å²) in [5, 5.41) is 3.41. The number of allylic oxidation sites excluding steroid dienone is 1. The first-order chi connectivity index (χ1) is 14.6. The van der Waals surface area contributed by atoms with E-state index in [4.69, 9.17) is 4.98 Å². The van der Waals surface area contributed by atoms with Gasteiger partial charge in [0.15, 0.2) is 0 Å². The predicted molar refractivity (Wildman–Crippen MR) is 139 cm³/mol. The molecular formula is C27H34N2S2. The predicted octanol–water partition coefficient (Wildman–Crippen LogP) is 8.45. The number of aliphatic imine (C=N–C) groups is 1. The Bertz CT molecular complexity index is 1040. The van der Waals surface area contributed by atoms with E-state index >= 15 is 0 Å². The van der Waals surface area contributed by atoms with Crippen molar-refractivity contribution >= 4 is 34.6 Å². The molecule has 31 heavy (non-hydrogen) atoms. The molecule has 1 atom stereocenters. The van der Waals surface area contributed by atoms with Crippen molar-refractivity contribution in [2.45, 2.75) is 71.6 Å². The smallest absolute Gasteiger partial charge is 0.0982 e. The summed E-state index contributed by atoms with van der Waals surface area (Å²) in [6, 6.07) is 15.0. The Morgan fingerprint density at radius 2 is 1.61 bits per heavy atom. The second-order valence-corrected chi connectivity index (χ2v) is 12.0. The van der Waals surface area contributed by atoms with Gasteiger partial charge in [-0.3, -0.25) is 4.99 Å². The number of rotatable bonds is 3. The largest absolute Gasteiger partial charge is 0.260 e. The van der Waals surface area contributed by atoms with Crippen molar-refractivity contribution in [1.29, 1.82) is 0 Å². The molecule has 0 aliphatic carbocycles. The van der Waals surface area contributed by atoms with Crippen LogP contribution in [0, 0.1) is 0 Å². The summed E-state index contributed by atoms with van der Waals surface area (Å²) in [5.41, 5.74) is 4.07. The van der Waals surface area contributed by atoms with E-state index in [2.05, 4.69) is 107 Å². The van der Waals surface area contributed by atoms with E-state index < -0.39 is 0 Å². The summed E-state index contributed by atoms with van der Waals surface area (Å²) in [6.07, 6.45) is 5.13. The van der Waals surface area contributed by atoms with Gasteiger partial charge in [-0.15, -0.1) is 22.7 Å². The molecule has 0 unspecified atom stereocenters. The summed E-state index contributed by atoms with van der Waals surface area (Å²) in [5.74, 6) is 0.378. The summed E-state index contributed by atoms with van der Waals surface area (Å²) in [6.45, 7) is 15.6. The molecule has 0 spiro atoms. The van der Waals surface area contributed by atoms with Gasteiger partial charge in [-0.25, -0.2) is 4.98 Å². The van der Waals surface area contributed by atoms with E-state index in [-0.39, 0.29) is 10.8 Å². The minimum absolute atomic E-state index is 0.152. The van der Waals surface area contributed by atoms with Crippen LogP contribution in [0.25, 0.3) is 5.70 Å². The van der Waals surface area contributed by atoms with Gasteiger partial charge in [0.1, 0.15) is 0 Å². The highest BCUT2D eigenvalue weighted by Gasteiger charge is 2.20. The normalized spacial score (nSPS) is 14.7. The first-order valence-electron chi connectivity index (χ1n) is 10.9. The third-order valence-corrected chi connectivity index (χ3v) is 7.97. The first-order valence-corrected chi connectivity index (χ1v) is 12.6. The van der Waals surface area contributed by atoms with Crippen LogP contribution >= 0.6 is 22.7 Å². The van der Waals surface area contributed by atoms with Gasteiger partial charge in [-0.2, -0.15) is 0 Å². The van der Waals surface area contributed by atoms with Crippen molar-refractivity contribution in [3.63, 3.8) is 0 Å². The number of thiazole rings is 1. The van der Waals surface area contributed by atoms with Crippen LogP contribution in [0.4, 0.5) is 0 Å². The average molecular weight is 451 g/mol. The molecule has 0 bridgehead atoms. The van der Waals surface area contributed by atoms with E-state index in [1.54, 1.807) is 11.3 Å². The Kier molecular flexibility index (Phi) is 7.33. The topological polar surface area (TPSA) is 25.2 Å². The molecule has 2 nitrogen and oxygen atoms in total. The van der Waals surface area contributed by atoms with Crippen molar-refractivity contribution in [2.24, 2.45) is 4.99 Å². The van der Waals surface area contributed by atoms with Gasteiger partial charge in [0.05, 0.1) is 21.3 Å². The molecule has 0 saturated heterocycles. The van der Waals surface area contributed by atoms with E-state index in [1.807, 2.05) is 17.6 Å². The number of aromatic nitrogens is 1. The fourth-order valence-corrected chi connectivity index (χ4v) is 5.21. The van der Waals surface area contributed by atoms with Crippen LogP contribution in [0.2, 0.25) is 0 Å². The van der Waals surface area contributed by atoms with Crippen molar-refractivity contribution < 1.29 is 0 Å². The molecule has 1 aliphatic heterocycles. The molecule has 2 aromatic heterocycles. The van der Waals surface area contributed by atoms with E-state index in [0.717, 1.165) is 12.1 Å². The maximum absolute atomic E-state index is 4.78. The van der Waals surface area contributed by atoms with Crippen LogP contribution in [-0.4, -0.2) is 11.2 Å². The van der Waals surface area contributed by atoms with Crippen molar-refractivity contribution in [2.75, 3.05) is 0 Å². The van der Waals surface area contributed by atoms with Gasteiger partial charge in [0.25, 0.3) is 0 Å². The van der Waals surface area contributed by atoms with Gasteiger partial charge in [0.2, 0.25) is 0 Å². The molecule has 1 aromatic carbocycles. The number of thiophene rings is 1. The SMILES string of the molecule is CC(C)(C)c1ccc(C2=CCC=N2)s1.C[C@@H](c1ccccc1)c1csc(C(C)(C)C)n1. The molecule has 3 heterocycles. The summed E-state index contributed by atoms with van der Waals surface area (Å²) >= 11 is 3.62. The molecule has 164 valence electrons. The van der Waals surface area contributed by atoms with Crippen LogP contribution in [0.15, 0.2) is 58.9 Å². The van der Waals surface area contributed by atoms with Crippen LogP contribution in [0.3, 0.4) is 0 Å². The molecule has 1 aliphatic rings. The van der Waals surface area contributed by atoms with Gasteiger partial charge < -0.3 is 0 Å². The third kappa shape index (κ3) is 6.24. The second kappa shape index (κ2) is 9.62. The summed E-state index contributed by atoms with van der Waals surface area (Å²) in [4.78, 5) is 11.8. The van der Waals surface area contributed by atoms with Crippen LogP contribution < -0.4 is 0 Å². The van der Waals surface area contributed by atoms with Crippen LogP contribution in [0.1, 0.15) is 86.8 Å². The third-order valence-electron chi connectivity index (χ3n) is 5.15. The molecule has 0 radical (unpaired) electrons. The molecule has 0 amide bonds. The fourth-order valence-electron chi connectivity index (χ4n) is 3.15. The van der Waals surface area contributed by atoms with Crippen molar-refractivity contribution in [3.8, 4) is 0 Å². The average Bonchev–Trinajstić information content (AvgIpc) is 3.48. The second-order valence-electron chi connectivity index (χ2n) is 10.0. The molecule has 3 aromatic rings. The number of hydrogen-bond donors (Lipinski definition) is 0. The monoisotopic (exact) mass is 450 g/mol. The van der Waals surface area contributed by atoms with E-state index in [0.29, 0.717) is 5.92 Å². The Morgan fingerprint density at radius 1 is 0.903 bits per heavy atom. The molecule has 4 heteroatoms. The lowest BCUT2D eigenvalue weighted by Crippen LogP contribution is -2.10. The minimum atomic E-state index is 0.152. The van der Waals surface area contributed by atoms with Gasteiger partial charge >= 0.3 is 0 Å². The quantitative estimate of drug-likeness (QED) is 0.393. The number of hydrogen-bond acceptors (Lipinski definition) is 4. The summed E-state index contributed by atoms with van der Waals surface area (Å²) in [7, 11) is 0. The Labute approximate surface area is 195 Å². The molecule has 0 fully saturated rings. The van der Waals surface area contributed by atoms with Gasteiger partial charge in [-0.05, 0) is 23.1 Å². The first kappa shape index (κ1) is 23.6. The Hall–Kier alpha value is -2.04. The zero-order valence-electron chi connectivity index (χ0n) is 19.8. The Balaban J connectivity index is 0.000000179. The highest BCUT2D eigenvalue weighted by molar-refractivity contribution is 7.13. The molecule has 0 saturated carbocycles. The molecule has 0 N–H and O–H groups in total. The maximum atomic E-state index is 4.78. The highest BCUT2D eigenvalue weighted by Crippen LogP contribution is 2.34. The van der Waals surface area contributed by atoms with Crippen molar-refractivity contribution in [1.82, 2.24) is 4.98 Å².